The van der Waals surface area contributed by atoms with Gasteiger partial charge in [-0.25, -0.2) is 0 Å². The Morgan fingerprint density at radius 1 is 0.739 bits per heavy atom. The molecule has 3 unspecified atom stereocenters. The highest BCUT2D eigenvalue weighted by molar-refractivity contribution is 5.70. The van der Waals surface area contributed by atoms with Crippen LogP contribution in [-0.2, 0) is 4.74 Å². The molecule has 1 fully saturated rings. The molecule has 11 heteroatoms. The van der Waals surface area contributed by atoms with Gasteiger partial charge in [0.05, 0.1) is 6.61 Å². The SMILES string of the molecule is OCC1O[C@@H](Oc2c(O)c(O)c(O)c(O)c2O)C(O)C(O)[C@H]1O. The summed E-state index contributed by atoms with van der Waals surface area (Å²) in [6.45, 7) is -0.741. The minimum Gasteiger partial charge on any atom is -0.502 e. The Balaban J connectivity index is 2.35. The molecule has 1 aromatic rings. The molecule has 0 aliphatic carbocycles. The van der Waals surface area contributed by atoms with Crippen LogP contribution in [0.5, 0.6) is 34.5 Å². The van der Waals surface area contributed by atoms with E-state index in [0.717, 1.165) is 0 Å². The van der Waals surface area contributed by atoms with Crippen LogP contribution in [0.25, 0.3) is 0 Å². The lowest BCUT2D eigenvalue weighted by Crippen LogP contribution is -2.60. The zero-order valence-corrected chi connectivity index (χ0v) is 11.4. The zero-order chi connectivity index (χ0) is 17.5. The fraction of sp³-hybridized carbons (Fsp3) is 0.500. The summed E-state index contributed by atoms with van der Waals surface area (Å²) in [5.74, 6) is -6.92. The second kappa shape index (κ2) is 6.14. The van der Waals surface area contributed by atoms with Crippen LogP contribution in [0.2, 0.25) is 0 Å². The summed E-state index contributed by atoms with van der Waals surface area (Å²) in [6.07, 6.45) is -8.40. The van der Waals surface area contributed by atoms with Crippen molar-refractivity contribution < 1.29 is 55.4 Å². The topological polar surface area (TPSA) is 201 Å². The molecule has 0 spiro atoms. The normalized spacial score (nSPS) is 31.0. The van der Waals surface area contributed by atoms with Crippen LogP contribution in [-0.4, -0.2) is 83.3 Å². The van der Waals surface area contributed by atoms with Gasteiger partial charge >= 0.3 is 0 Å². The standard InChI is InChI=1S/C12H16O11/c13-1-2-3(14)4(15)10(21)12(22-2)23-11-8(19)6(17)5(16)7(18)9(11)20/h2-4,10,12-21H,1H2/t2?,3-,4?,10?,12-/m0/s1. The maximum absolute atomic E-state index is 9.78. The van der Waals surface area contributed by atoms with E-state index in [1.807, 2.05) is 0 Å². The number of aromatic hydroxyl groups is 5. The fourth-order valence-electron chi connectivity index (χ4n) is 2.06. The van der Waals surface area contributed by atoms with Gasteiger partial charge in [0.2, 0.25) is 40.8 Å². The summed E-state index contributed by atoms with van der Waals surface area (Å²) in [4.78, 5) is 0. The molecular weight excluding hydrogens is 320 g/mol. The third-order valence-electron chi connectivity index (χ3n) is 3.41. The van der Waals surface area contributed by atoms with Crippen molar-refractivity contribution in [2.45, 2.75) is 30.7 Å². The number of aliphatic hydroxyl groups excluding tert-OH is 4. The third-order valence-corrected chi connectivity index (χ3v) is 3.41. The molecule has 5 atom stereocenters. The molecule has 0 saturated carbocycles. The summed E-state index contributed by atoms with van der Waals surface area (Å²) in [7, 11) is 0. The lowest BCUT2D eigenvalue weighted by atomic mass is 9.99. The van der Waals surface area contributed by atoms with E-state index in [2.05, 4.69) is 0 Å². The van der Waals surface area contributed by atoms with Gasteiger partial charge in [-0.2, -0.15) is 0 Å². The number of rotatable bonds is 3. The van der Waals surface area contributed by atoms with Gasteiger partial charge in [-0.05, 0) is 0 Å². The number of benzene rings is 1. The first-order valence-electron chi connectivity index (χ1n) is 6.36. The second-order valence-corrected chi connectivity index (χ2v) is 4.89. The van der Waals surface area contributed by atoms with E-state index in [4.69, 9.17) is 14.6 Å². The minimum atomic E-state index is -1.86. The Labute approximate surface area is 128 Å². The summed E-state index contributed by atoms with van der Waals surface area (Å²) in [5, 5.41) is 85.3. The average Bonchev–Trinajstić information content (AvgIpc) is 2.54. The van der Waals surface area contributed by atoms with E-state index in [1.165, 1.54) is 0 Å². The maximum Gasteiger partial charge on any atom is 0.229 e. The highest BCUT2D eigenvalue weighted by Crippen LogP contribution is 2.55. The molecule has 9 N–H and O–H groups in total. The first-order valence-corrected chi connectivity index (χ1v) is 6.36. The third kappa shape index (κ3) is 2.75. The minimum absolute atomic E-state index is 0.741. The number of hydrogen-bond acceptors (Lipinski definition) is 11. The molecule has 130 valence electrons. The van der Waals surface area contributed by atoms with Crippen LogP contribution < -0.4 is 4.74 Å². The van der Waals surface area contributed by atoms with E-state index in [1.54, 1.807) is 0 Å². The van der Waals surface area contributed by atoms with Crippen molar-refractivity contribution >= 4 is 0 Å². The molecule has 1 heterocycles. The van der Waals surface area contributed by atoms with Gasteiger partial charge in [0.25, 0.3) is 0 Å². The van der Waals surface area contributed by atoms with Gasteiger partial charge in [-0.15, -0.1) is 0 Å². The molecule has 1 aliphatic heterocycles. The van der Waals surface area contributed by atoms with Gasteiger partial charge in [0, 0.05) is 0 Å². The number of ether oxygens (including phenoxy) is 2. The largest absolute Gasteiger partial charge is 0.502 e. The quantitative estimate of drug-likeness (QED) is 0.207. The van der Waals surface area contributed by atoms with E-state index in [-0.39, 0.29) is 0 Å². The molecule has 11 nitrogen and oxygen atoms in total. The first-order chi connectivity index (χ1) is 10.7. The Morgan fingerprint density at radius 3 is 1.70 bits per heavy atom. The fourth-order valence-corrected chi connectivity index (χ4v) is 2.06. The first kappa shape index (κ1) is 17.2. The average molecular weight is 336 g/mol. The molecule has 1 aliphatic rings. The van der Waals surface area contributed by atoms with Gasteiger partial charge in [0.15, 0.2) is 0 Å². The van der Waals surface area contributed by atoms with Gasteiger partial charge in [-0.3, -0.25) is 0 Å². The van der Waals surface area contributed by atoms with Crippen molar-refractivity contribution in [1.29, 1.82) is 0 Å². The van der Waals surface area contributed by atoms with Crippen molar-refractivity contribution in [1.82, 2.24) is 0 Å². The van der Waals surface area contributed by atoms with E-state index in [0.29, 0.717) is 0 Å². The van der Waals surface area contributed by atoms with Gasteiger partial charge < -0.3 is 55.4 Å². The van der Waals surface area contributed by atoms with Crippen molar-refractivity contribution in [2.75, 3.05) is 6.61 Å². The molecule has 0 bridgehead atoms. The number of phenolic OH excluding ortho intramolecular Hbond substituents is 5. The zero-order valence-electron chi connectivity index (χ0n) is 11.4. The highest BCUT2D eigenvalue weighted by atomic mass is 16.7. The van der Waals surface area contributed by atoms with Gasteiger partial charge in [-0.1, -0.05) is 0 Å². The van der Waals surface area contributed by atoms with Crippen LogP contribution in [0.4, 0.5) is 0 Å². The Morgan fingerprint density at radius 2 is 1.22 bits per heavy atom. The van der Waals surface area contributed by atoms with Crippen molar-refractivity contribution in [3.05, 3.63) is 0 Å². The molecule has 23 heavy (non-hydrogen) atoms. The number of aliphatic hydroxyl groups is 4. The summed E-state index contributed by atoms with van der Waals surface area (Å²) >= 11 is 0. The Hall–Kier alpha value is -2.18. The lowest BCUT2D eigenvalue weighted by Gasteiger charge is -2.39. The number of phenols is 5. The highest BCUT2D eigenvalue weighted by Gasteiger charge is 2.45. The van der Waals surface area contributed by atoms with Crippen LogP contribution in [0.1, 0.15) is 0 Å². The maximum atomic E-state index is 9.78. The molecular formula is C12H16O11. The Bertz CT molecular complexity index is 558. The molecule has 2 rings (SSSR count). The van der Waals surface area contributed by atoms with Crippen LogP contribution in [0.15, 0.2) is 0 Å². The van der Waals surface area contributed by atoms with E-state index < -0.39 is 71.8 Å². The van der Waals surface area contributed by atoms with Gasteiger partial charge in [0.1, 0.15) is 24.4 Å². The number of hydrogen-bond donors (Lipinski definition) is 9. The van der Waals surface area contributed by atoms with E-state index >= 15 is 0 Å². The van der Waals surface area contributed by atoms with Crippen molar-refractivity contribution in [2.24, 2.45) is 0 Å². The van der Waals surface area contributed by atoms with Crippen molar-refractivity contribution in [3.63, 3.8) is 0 Å². The Kier molecular flexibility index (Phi) is 4.58. The summed E-state index contributed by atoms with van der Waals surface area (Å²) in [6, 6.07) is 0. The summed E-state index contributed by atoms with van der Waals surface area (Å²) in [5.41, 5.74) is 0. The smallest absolute Gasteiger partial charge is 0.229 e. The predicted octanol–water partition coefficient (Wildman–Crippen LogP) is -2.61. The van der Waals surface area contributed by atoms with Crippen LogP contribution >= 0.6 is 0 Å². The second-order valence-electron chi connectivity index (χ2n) is 4.89. The van der Waals surface area contributed by atoms with Crippen LogP contribution in [0, 0.1) is 0 Å². The molecule has 0 amide bonds. The molecule has 0 radical (unpaired) electrons. The summed E-state index contributed by atoms with van der Waals surface area (Å²) < 4.78 is 9.89. The predicted molar refractivity (Wildman–Crippen MR) is 69.2 cm³/mol. The lowest BCUT2D eigenvalue weighted by molar-refractivity contribution is -0.277. The van der Waals surface area contributed by atoms with Crippen molar-refractivity contribution in [3.8, 4) is 34.5 Å². The molecule has 0 aromatic heterocycles. The molecule has 1 aromatic carbocycles. The van der Waals surface area contributed by atoms with E-state index in [9.17, 15) is 40.9 Å². The van der Waals surface area contributed by atoms with Crippen LogP contribution in [0.3, 0.4) is 0 Å². The monoisotopic (exact) mass is 336 g/mol. The molecule has 1 saturated heterocycles.